The van der Waals surface area contributed by atoms with Crippen molar-refractivity contribution in [3.63, 3.8) is 0 Å². The van der Waals surface area contributed by atoms with Crippen molar-refractivity contribution < 1.29 is 4.79 Å². The second kappa shape index (κ2) is 12.0. The molecule has 0 N–H and O–H groups in total. The Balaban J connectivity index is 1.91. The quantitative estimate of drug-likeness (QED) is 0.241. The Morgan fingerprint density at radius 1 is 1.07 bits per heavy atom. The van der Waals surface area contributed by atoms with Crippen LogP contribution in [0.4, 0.5) is 5.69 Å². The van der Waals surface area contributed by atoms with Gasteiger partial charge in [0.15, 0.2) is 0 Å². The monoisotopic (exact) mass is 594 g/mol. The summed E-state index contributed by atoms with van der Waals surface area (Å²) in [6.45, 7) is 15.5. The van der Waals surface area contributed by atoms with E-state index in [4.69, 9.17) is 21.6 Å². The molecule has 0 radical (unpaired) electrons. The molecular formula is C34H35ClN6O2. The van der Waals surface area contributed by atoms with E-state index in [1.54, 1.807) is 15.7 Å². The van der Waals surface area contributed by atoms with Gasteiger partial charge in [-0.1, -0.05) is 70.1 Å². The van der Waals surface area contributed by atoms with Crippen molar-refractivity contribution in [1.82, 2.24) is 19.4 Å². The van der Waals surface area contributed by atoms with Gasteiger partial charge in [0.05, 0.1) is 27.8 Å². The molecule has 0 aliphatic carbocycles. The fraction of sp³-hybridized carbons (Fsp3) is 0.324. The molecule has 9 heteroatoms. The minimum atomic E-state index is -0.461. The lowest BCUT2D eigenvalue weighted by Crippen LogP contribution is -2.49. The first kappa shape index (κ1) is 30.0. The van der Waals surface area contributed by atoms with Gasteiger partial charge in [-0.25, -0.2) is 4.98 Å². The summed E-state index contributed by atoms with van der Waals surface area (Å²) < 4.78 is 1.57. The summed E-state index contributed by atoms with van der Waals surface area (Å²) in [5.41, 5.74) is 5.17. The number of nitrogens with zero attached hydrogens (tertiary/aromatic N) is 6. The Bertz CT molecular complexity index is 1820. The van der Waals surface area contributed by atoms with E-state index in [2.05, 4.69) is 26.5 Å². The van der Waals surface area contributed by atoms with Crippen LogP contribution in [-0.2, 0) is 4.79 Å². The molecule has 1 aromatic carbocycles. The Hall–Kier alpha value is -4.48. The number of hydrogen-bond donors (Lipinski definition) is 0. The first-order valence-electron chi connectivity index (χ1n) is 14.5. The summed E-state index contributed by atoms with van der Waals surface area (Å²) in [4.78, 5) is 40.4. The number of pyridine rings is 3. The maximum atomic E-state index is 14.6. The molecule has 4 heterocycles. The minimum Gasteiger partial charge on any atom is -0.366 e. The van der Waals surface area contributed by atoms with Crippen molar-refractivity contribution in [3.8, 4) is 23.0 Å². The van der Waals surface area contributed by atoms with Crippen LogP contribution in [0.2, 0.25) is 5.02 Å². The third-order valence-corrected chi connectivity index (χ3v) is 8.34. The largest absolute Gasteiger partial charge is 0.366 e. The Morgan fingerprint density at radius 3 is 2.37 bits per heavy atom. The highest BCUT2D eigenvalue weighted by molar-refractivity contribution is 6.34. The molecule has 43 heavy (non-hydrogen) atoms. The third kappa shape index (κ3) is 5.30. The number of carbonyl (C=O) groups is 1. The van der Waals surface area contributed by atoms with Gasteiger partial charge < -0.3 is 9.80 Å². The predicted molar refractivity (Wildman–Crippen MR) is 172 cm³/mol. The highest BCUT2D eigenvalue weighted by Gasteiger charge is 2.30. The predicted octanol–water partition coefficient (Wildman–Crippen LogP) is 6.36. The van der Waals surface area contributed by atoms with Crippen molar-refractivity contribution in [2.45, 2.75) is 46.5 Å². The number of halogens is 1. The number of amides is 1. The molecule has 4 aromatic rings. The van der Waals surface area contributed by atoms with Crippen LogP contribution < -0.4 is 10.5 Å². The molecule has 1 saturated heterocycles. The average molecular weight is 595 g/mol. The summed E-state index contributed by atoms with van der Waals surface area (Å²) in [6.07, 6.45) is 3.07. The van der Waals surface area contributed by atoms with Crippen LogP contribution in [0.15, 0.2) is 60.0 Å². The molecule has 1 aliphatic heterocycles. The highest BCUT2D eigenvalue weighted by Crippen LogP contribution is 2.38. The van der Waals surface area contributed by atoms with Crippen LogP contribution in [0, 0.1) is 18.3 Å². The number of nitriles is 1. The number of hydrogen-bond acceptors (Lipinski definition) is 6. The van der Waals surface area contributed by atoms with E-state index >= 15 is 0 Å². The molecule has 0 saturated carbocycles. The summed E-state index contributed by atoms with van der Waals surface area (Å²) in [6, 6.07) is 13.8. The fourth-order valence-corrected chi connectivity index (χ4v) is 6.08. The van der Waals surface area contributed by atoms with Gasteiger partial charge in [-0.05, 0) is 48.1 Å². The van der Waals surface area contributed by atoms with Gasteiger partial charge in [-0.3, -0.25) is 19.1 Å². The maximum Gasteiger partial charge on any atom is 0.276 e. The van der Waals surface area contributed by atoms with Crippen molar-refractivity contribution in [2.75, 3.05) is 31.1 Å². The topological polar surface area (TPSA) is 95.1 Å². The van der Waals surface area contributed by atoms with Crippen molar-refractivity contribution in [1.29, 1.82) is 5.26 Å². The Morgan fingerprint density at radius 2 is 1.77 bits per heavy atom. The van der Waals surface area contributed by atoms with Crippen molar-refractivity contribution >= 4 is 34.2 Å². The van der Waals surface area contributed by atoms with E-state index in [0.29, 0.717) is 59.3 Å². The second-order valence-electron chi connectivity index (χ2n) is 11.4. The molecular weight excluding hydrogens is 560 g/mol. The van der Waals surface area contributed by atoms with Gasteiger partial charge in [0.1, 0.15) is 17.3 Å². The van der Waals surface area contributed by atoms with E-state index in [1.165, 1.54) is 6.08 Å². The lowest BCUT2D eigenvalue weighted by molar-refractivity contribution is -0.126. The van der Waals surface area contributed by atoms with Crippen LogP contribution >= 0.6 is 11.6 Å². The highest BCUT2D eigenvalue weighted by atomic mass is 35.5. The van der Waals surface area contributed by atoms with Crippen LogP contribution in [-0.4, -0.2) is 51.5 Å². The number of fused-ring (bicyclic) bond motifs is 1. The van der Waals surface area contributed by atoms with Gasteiger partial charge >= 0.3 is 0 Å². The van der Waals surface area contributed by atoms with Crippen molar-refractivity contribution in [2.24, 2.45) is 0 Å². The van der Waals surface area contributed by atoms with Crippen LogP contribution in [0.5, 0.6) is 0 Å². The third-order valence-electron chi connectivity index (χ3n) is 8.05. The zero-order valence-corrected chi connectivity index (χ0v) is 25.9. The molecule has 0 unspecified atom stereocenters. The molecule has 0 spiro atoms. The molecule has 0 atom stereocenters. The molecule has 1 aliphatic rings. The fourth-order valence-electron chi connectivity index (χ4n) is 5.83. The molecule has 8 nitrogen and oxygen atoms in total. The number of aryl methyl sites for hydroxylation is 1. The van der Waals surface area contributed by atoms with E-state index in [9.17, 15) is 14.9 Å². The van der Waals surface area contributed by atoms with E-state index in [-0.39, 0.29) is 23.3 Å². The lowest BCUT2D eigenvalue weighted by atomic mass is 9.96. The molecule has 1 amide bonds. The van der Waals surface area contributed by atoms with Gasteiger partial charge in [0, 0.05) is 43.3 Å². The van der Waals surface area contributed by atoms with Gasteiger partial charge in [0.2, 0.25) is 5.91 Å². The number of benzene rings is 1. The van der Waals surface area contributed by atoms with Crippen LogP contribution in [0.1, 0.15) is 61.9 Å². The van der Waals surface area contributed by atoms with Crippen LogP contribution in [0.25, 0.3) is 28.0 Å². The van der Waals surface area contributed by atoms with Gasteiger partial charge in [0.25, 0.3) is 5.56 Å². The SMILES string of the molecule is C=CC(=O)N1CCN(c2c(C#N)c(=O)n(-c3c(C(C)C)ccnc3C(C)C)c3nc(-c4ccccc4C)c(Cl)cc23)CC1. The Kier molecular flexibility index (Phi) is 8.38. The van der Waals surface area contributed by atoms with E-state index < -0.39 is 5.56 Å². The summed E-state index contributed by atoms with van der Waals surface area (Å²) in [5, 5.41) is 11.5. The number of aromatic nitrogens is 3. The second-order valence-corrected chi connectivity index (χ2v) is 11.8. The number of anilines is 1. The number of carbonyl (C=O) groups excluding carboxylic acids is 1. The smallest absolute Gasteiger partial charge is 0.276 e. The molecule has 0 bridgehead atoms. The molecule has 220 valence electrons. The van der Waals surface area contributed by atoms with Gasteiger partial charge in [-0.2, -0.15) is 5.26 Å². The van der Waals surface area contributed by atoms with Crippen molar-refractivity contribution in [3.05, 3.63) is 93.0 Å². The zero-order valence-electron chi connectivity index (χ0n) is 25.2. The summed E-state index contributed by atoms with van der Waals surface area (Å²) in [5.74, 6) is -0.0761. The standard InChI is InChI=1S/C34H35ClN6O2/c1-7-28(42)39-14-16-40(17-15-39)31-25-18-27(35)30(24-11-9-8-10-22(24)6)38-33(25)41(34(43)26(31)19-36)32-23(20(2)3)12-13-37-29(32)21(4)5/h7-13,18,20-21H,1,14-17H2,2-6H3. The Labute approximate surface area is 256 Å². The molecule has 1 fully saturated rings. The normalized spacial score (nSPS) is 13.6. The summed E-state index contributed by atoms with van der Waals surface area (Å²) >= 11 is 6.97. The zero-order chi connectivity index (χ0) is 31.0. The number of piperazine rings is 1. The minimum absolute atomic E-state index is 0.000486. The van der Waals surface area contributed by atoms with E-state index in [1.807, 2.05) is 62.1 Å². The number of rotatable bonds is 6. The first-order chi connectivity index (χ1) is 20.6. The average Bonchev–Trinajstić information content (AvgIpc) is 3.00. The lowest BCUT2D eigenvalue weighted by Gasteiger charge is -2.36. The van der Waals surface area contributed by atoms with Crippen LogP contribution in [0.3, 0.4) is 0 Å². The molecule has 3 aromatic heterocycles. The molecule has 5 rings (SSSR count). The maximum absolute atomic E-state index is 14.6. The first-order valence-corrected chi connectivity index (χ1v) is 14.9. The summed E-state index contributed by atoms with van der Waals surface area (Å²) in [7, 11) is 0. The van der Waals surface area contributed by atoms with Gasteiger partial charge in [-0.15, -0.1) is 0 Å². The van der Waals surface area contributed by atoms with E-state index in [0.717, 1.165) is 22.4 Å².